The van der Waals surface area contributed by atoms with Crippen LogP contribution in [0.4, 0.5) is 5.69 Å². The molecule has 0 aliphatic carbocycles. The number of carbonyl (C=O) groups excluding carboxylic acids is 2. The van der Waals surface area contributed by atoms with E-state index in [1.54, 1.807) is 30.5 Å². The number of hydrogen-bond donors (Lipinski definition) is 1. The Morgan fingerprint density at radius 1 is 0.925 bits per heavy atom. The third-order valence-corrected chi connectivity index (χ3v) is 6.80. The largest absolute Gasteiger partial charge is 0.467 e. The van der Waals surface area contributed by atoms with Crippen molar-refractivity contribution in [3.63, 3.8) is 0 Å². The van der Waals surface area contributed by atoms with E-state index in [1.807, 2.05) is 67.6 Å². The molecular formula is C33H32N2O5. The zero-order valence-electron chi connectivity index (χ0n) is 22.8. The number of anilines is 1. The van der Waals surface area contributed by atoms with E-state index in [0.717, 1.165) is 11.1 Å². The van der Waals surface area contributed by atoms with Gasteiger partial charge < -0.3 is 24.1 Å². The van der Waals surface area contributed by atoms with E-state index in [2.05, 4.69) is 19.2 Å². The molecule has 1 N–H and O–H groups in total. The third-order valence-electron chi connectivity index (χ3n) is 6.80. The van der Waals surface area contributed by atoms with Crippen molar-refractivity contribution in [3.8, 4) is 11.5 Å². The van der Waals surface area contributed by atoms with Crippen LogP contribution in [0.25, 0.3) is 6.08 Å². The van der Waals surface area contributed by atoms with Crippen LogP contribution in [0.2, 0.25) is 0 Å². The number of nitrogens with zero attached hydrogens (tertiary/aromatic N) is 1. The Bertz CT molecular complexity index is 1490. The van der Waals surface area contributed by atoms with Gasteiger partial charge in [0.2, 0.25) is 12.7 Å². The maximum absolute atomic E-state index is 13.9. The first-order chi connectivity index (χ1) is 19.4. The molecule has 40 heavy (non-hydrogen) atoms. The van der Waals surface area contributed by atoms with Crippen molar-refractivity contribution in [2.75, 3.05) is 12.1 Å². The first-order valence-corrected chi connectivity index (χ1v) is 13.3. The molecule has 5 rings (SSSR count). The average Bonchev–Trinajstić information content (AvgIpc) is 3.64. The summed E-state index contributed by atoms with van der Waals surface area (Å²) in [6.07, 6.45) is 4.72. The van der Waals surface area contributed by atoms with Gasteiger partial charge >= 0.3 is 0 Å². The molecule has 1 aliphatic rings. The van der Waals surface area contributed by atoms with Crippen molar-refractivity contribution < 1.29 is 23.5 Å². The van der Waals surface area contributed by atoms with Crippen LogP contribution in [-0.4, -0.2) is 23.5 Å². The van der Waals surface area contributed by atoms with Crippen LogP contribution < -0.4 is 14.8 Å². The summed E-state index contributed by atoms with van der Waals surface area (Å²) in [5, 5.41) is 3.02. The number of benzene rings is 3. The molecule has 1 unspecified atom stereocenters. The molecule has 1 aromatic heterocycles. The van der Waals surface area contributed by atoms with Gasteiger partial charge in [-0.3, -0.25) is 9.59 Å². The Morgan fingerprint density at radius 3 is 2.35 bits per heavy atom. The summed E-state index contributed by atoms with van der Waals surface area (Å²) < 4.78 is 16.4. The molecule has 4 aromatic rings. The van der Waals surface area contributed by atoms with Crippen LogP contribution in [0, 0.1) is 6.92 Å². The number of amides is 2. The Kier molecular flexibility index (Phi) is 8.01. The van der Waals surface area contributed by atoms with Crippen molar-refractivity contribution in [1.29, 1.82) is 0 Å². The molecule has 2 heterocycles. The lowest BCUT2D eigenvalue weighted by Gasteiger charge is -2.30. The first kappa shape index (κ1) is 26.8. The van der Waals surface area contributed by atoms with E-state index in [4.69, 9.17) is 13.9 Å². The number of carbonyl (C=O) groups is 2. The zero-order valence-corrected chi connectivity index (χ0v) is 22.8. The van der Waals surface area contributed by atoms with E-state index in [9.17, 15) is 9.59 Å². The van der Waals surface area contributed by atoms with Gasteiger partial charge in [-0.05, 0) is 72.0 Å². The number of nitrogens with one attached hydrogen (secondary N) is 1. The minimum absolute atomic E-state index is 0.107. The van der Waals surface area contributed by atoms with Crippen molar-refractivity contribution in [2.24, 2.45) is 0 Å². The molecule has 204 valence electrons. The Morgan fingerprint density at radius 2 is 1.65 bits per heavy atom. The number of furan rings is 1. The van der Waals surface area contributed by atoms with E-state index < -0.39 is 6.04 Å². The maximum Gasteiger partial charge on any atom is 0.251 e. The van der Waals surface area contributed by atoms with Gasteiger partial charge in [0.25, 0.3) is 5.91 Å². The summed E-state index contributed by atoms with van der Waals surface area (Å²) >= 11 is 0. The fraction of sp³-hybridized carbons (Fsp3) is 0.212. The van der Waals surface area contributed by atoms with Gasteiger partial charge in [0.15, 0.2) is 11.5 Å². The van der Waals surface area contributed by atoms with Crippen LogP contribution >= 0.6 is 0 Å². The minimum atomic E-state index is -0.913. The lowest BCUT2D eigenvalue weighted by Crippen LogP contribution is -2.40. The smallest absolute Gasteiger partial charge is 0.251 e. The molecule has 0 spiro atoms. The molecule has 0 fully saturated rings. The molecule has 0 saturated carbocycles. The van der Waals surface area contributed by atoms with E-state index in [-0.39, 0.29) is 25.2 Å². The van der Waals surface area contributed by atoms with Gasteiger partial charge in [-0.1, -0.05) is 61.9 Å². The predicted octanol–water partition coefficient (Wildman–Crippen LogP) is 6.86. The third kappa shape index (κ3) is 6.26. The predicted molar refractivity (Wildman–Crippen MR) is 154 cm³/mol. The number of rotatable bonds is 9. The van der Waals surface area contributed by atoms with Crippen LogP contribution in [0.1, 0.15) is 53.8 Å². The van der Waals surface area contributed by atoms with Crippen molar-refractivity contribution in [1.82, 2.24) is 4.90 Å². The van der Waals surface area contributed by atoms with E-state index in [1.165, 1.54) is 16.5 Å². The topological polar surface area (TPSA) is 81.0 Å². The normalized spacial score (nSPS) is 13.0. The molecule has 7 heteroatoms. The molecular weight excluding hydrogens is 504 g/mol. The van der Waals surface area contributed by atoms with Crippen LogP contribution in [0.15, 0.2) is 95.6 Å². The quantitative estimate of drug-likeness (QED) is 0.236. The van der Waals surface area contributed by atoms with Gasteiger partial charge in [-0.25, -0.2) is 0 Å². The highest BCUT2D eigenvalue weighted by Gasteiger charge is 2.31. The summed E-state index contributed by atoms with van der Waals surface area (Å²) in [6, 6.07) is 23.5. The Labute approximate surface area is 234 Å². The van der Waals surface area contributed by atoms with Crippen molar-refractivity contribution in [2.45, 2.75) is 39.3 Å². The second-order valence-electron chi connectivity index (χ2n) is 10.1. The number of aryl methyl sites for hydroxylation is 1. The highest BCUT2D eigenvalue weighted by Crippen LogP contribution is 2.33. The van der Waals surface area contributed by atoms with Gasteiger partial charge in [0.05, 0.1) is 12.8 Å². The van der Waals surface area contributed by atoms with E-state index in [0.29, 0.717) is 34.4 Å². The highest BCUT2D eigenvalue weighted by molar-refractivity contribution is 6.00. The SMILES string of the molecule is Cc1ccc(C(C(=O)Nc2ccc(C(C)C)cc2)N(Cc2ccco2)C(=O)/C=C/c2ccc3c(c2)OCO3)cc1. The summed E-state index contributed by atoms with van der Waals surface area (Å²) in [4.78, 5) is 29.2. The van der Waals surface area contributed by atoms with Gasteiger partial charge in [-0.2, -0.15) is 0 Å². The summed E-state index contributed by atoms with van der Waals surface area (Å²) in [5.41, 5.74) is 4.36. The van der Waals surface area contributed by atoms with Crippen molar-refractivity contribution >= 4 is 23.6 Å². The lowest BCUT2D eigenvalue weighted by atomic mass is 10.0. The zero-order chi connectivity index (χ0) is 28.1. The first-order valence-electron chi connectivity index (χ1n) is 13.3. The molecule has 2 amide bonds. The summed E-state index contributed by atoms with van der Waals surface area (Å²) in [6.45, 7) is 6.50. The summed E-state index contributed by atoms with van der Waals surface area (Å²) in [5.74, 6) is 1.57. The molecule has 0 saturated heterocycles. The van der Waals surface area contributed by atoms with Gasteiger partial charge in [0, 0.05) is 11.8 Å². The number of hydrogen-bond acceptors (Lipinski definition) is 5. The second kappa shape index (κ2) is 11.9. The molecule has 1 aliphatic heterocycles. The monoisotopic (exact) mass is 536 g/mol. The standard InChI is InChI=1S/C33H32N2O5/c1-22(2)25-12-14-27(15-13-25)34-33(37)32(26-10-6-23(3)7-11-26)35(20-28-5-4-18-38-28)31(36)17-9-24-8-16-29-30(19-24)40-21-39-29/h4-19,22,32H,20-21H2,1-3H3,(H,34,37)/b17-9+. The number of ether oxygens (including phenoxy) is 2. The van der Waals surface area contributed by atoms with Gasteiger partial charge in [0.1, 0.15) is 11.8 Å². The fourth-order valence-corrected chi connectivity index (χ4v) is 4.53. The molecule has 7 nitrogen and oxygen atoms in total. The molecule has 0 radical (unpaired) electrons. The molecule has 0 bridgehead atoms. The second-order valence-corrected chi connectivity index (χ2v) is 10.1. The number of fused-ring (bicyclic) bond motifs is 1. The van der Waals surface area contributed by atoms with E-state index >= 15 is 0 Å². The lowest BCUT2D eigenvalue weighted by molar-refractivity contribution is -0.136. The fourth-order valence-electron chi connectivity index (χ4n) is 4.53. The van der Waals surface area contributed by atoms with Crippen molar-refractivity contribution in [3.05, 3.63) is 119 Å². The average molecular weight is 537 g/mol. The summed E-state index contributed by atoms with van der Waals surface area (Å²) in [7, 11) is 0. The molecule has 3 aromatic carbocycles. The maximum atomic E-state index is 13.9. The Balaban J connectivity index is 1.47. The molecule has 1 atom stereocenters. The highest BCUT2D eigenvalue weighted by atomic mass is 16.7. The minimum Gasteiger partial charge on any atom is -0.467 e. The Hall–Kier alpha value is -4.78. The van der Waals surface area contributed by atoms with Gasteiger partial charge in [-0.15, -0.1) is 0 Å². The van der Waals surface area contributed by atoms with Crippen LogP contribution in [-0.2, 0) is 16.1 Å². The van der Waals surface area contributed by atoms with Crippen LogP contribution in [0.3, 0.4) is 0 Å². The van der Waals surface area contributed by atoms with Crippen LogP contribution in [0.5, 0.6) is 11.5 Å².